The van der Waals surface area contributed by atoms with Crippen LogP contribution in [0.25, 0.3) is 11.3 Å². The monoisotopic (exact) mass is 302 g/mol. The number of methoxy groups -OCH3 is 1. The summed E-state index contributed by atoms with van der Waals surface area (Å²) in [5, 5.41) is 3.27. The van der Waals surface area contributed by atoms with Gasteiger partial charge in [-0.25, -0.2) is 4.98 Å². The topological polar surface area (TPSA) is 48.1 Å². The van der Waals surface area contributed by atoms with E-state index in [9.17, 15) is 0 Å². The molecular weight excluding hydrogens is 280 g/mol. The summed E-state index contributed by atoms with van der Waals surface area (Å²) in [7, 11) is 1.82. The highest BCUT2D eigenvalue weighted by Gasteiger charge is 2.36. The standard InChI is InChI=1S/C17H22N2OS/c1-20-17(9-3-2-4-10-17)16-19-15(12-21-16)14-7-5-13(11-18)6-8-14/h5-8,12H,2-4,9-11,18H2,1H3. The summed E-state index contributed by atoms with van der Waals surface area (Å²) in [4.78, 5) is 4.86. The van der Waals surface area contributed by atoms with E-state index in [1.807, 2.05) is 7.11 Å². The Bertz CT molecular complexity index is 585. The molecule has 0 aliphatic heterocycles. The van der Waals surface area contributed by atoms with Gasteiger partial charge in [0.2, 0.25) is 0 Å². The van der Waals surface area contributed by atoms with Gasteiger partial charge in [-0.2, -0.15) is 0 Å². The second-order valence-corrected chi connectivity index (χ2v) is 6.56. The van der Waals surface area contributed by atoms with E-state index in [1.165, 1.54) is 19.3 Å². The summed E-state index contributed by atoms with van der Waals surface area (Å²) in [5.74, 6) is 0. The van der Waals surface area contributed by atoms with Gasteiger partial charge in [-0.3, -0.25) is 0 Å². The van der Waals surface area contributed by atoms with Gasteiger partial charge in [0, 0.05) is 24.6 Å². The first-order valence-corrected chi connectivity index (χ1v) is 8.46. The first-order valence-electron chi connectivity index (χ1n) is 7.58. The number of aromatic nitrogens is 1. The van der Waals surface area contributed by atoms with Gasteiger partial charge in [-0.05, 0) is 18.4 Å². The molecular formula is C17H22N2OS. The molecule has 0 saturated heterocycles. The molecule has 3 nitrogen and oxygen atoms in total. The van der Waals surface area contributed by atoms with Crippen LogP contribution in [0, 0.1) is 0 Å². The molecule has 0 bridgehead atoms. The van der Waals surface area contributed by atoms with Crippen LogP contribution in [0.3, 0.4) is 0 Å². The van der Waals surface area contributed by atoms with Gasteiger partial charge in [-0.1, -0.05) is 43.5 Å². The minimum Gasteiger partial charge on any atom is -0.371 e. The summed E-state index contributed by atoms with van der Waals surface area (Å²) in [5.41, 5.74) is 8.83. The van der Waals surface area contributed by atoms with Crippen LogP contribution in [0.4, 0.5) is 0 Å². The van der Waals surface area contributed by atoms with Gasteiger partial charge in [0.25, 0.3) is 0 Å². The second-order valence-electron chi connectivity index (χ2n) is 5.70. The van der Waals surface area contributed by atoms with Crippen molar-refractivity contribution in [1.29, 1.82) is 0 Å². The van der Waals surface area contributed by atoms with Gasteiger partial charge in [0.05, 0.1) is 5.69 Å². The molecule has 0 amide bonds. The first kappa shape index (κ1) is 14.7. The zero-order chi connectivity index (χ0) is 14.7. The third-order valence-electron chi connectivity index (χ3n) is 4.43. The summed E-state index contributed by atoms with van der Waals surface area (Å²) >= 11 is 1.72. The summed E-state index contributed by atoms with van der Waals surface area (Å²) in [6.07, 6.45) is 5.94. The molecule has 2 N–H and O–H groups in total. The Kier molecular flexibility index (Phi) is 4.38. The van der Waals surface area contributed by atoms with Crippen LogP contribution in [0.1, 0.15) is 42.7 Å². The molecule has 0 spiro atoms. The van der Waals surface area contributed by atoms with E-state index in [-0.39, 0.29) is 5.60 Å². The number of rotatable bonds is 4. The van der Waals surface area contributed by atoms with Crippen molar-refractivity contribution >= 4 is 11.3 Å². The van der Waals surface area contributed by atoms with Gasteiger partial charge >= 0.3 is 0 Å². The van der Waals surface area contributed by atoms with E-state index >= 15 is 0 Å². The molecule has 112 valence electrons. The van der Waals surface area contributed by atoms with Crippen LogP contribution in [0.5, 0.6) is 0 Å². The lowest BCUT2D eigenvalue weighted by Gasteiger charge is -2.34. The molecule has 21 heavy (non-hydrogen) atoms. The average molecular weight is 302 g/mol. The molecule has 0 unspecified atom stereocenters. The molecule has 1 aromatic carbocycles. The molecule has 1 heterocycles. The smallest absolute Gasteiger partial charge is 0.125 e. The van der Waals surface area contributed by atoms with E-state index < -0.39 is 0 Å². The van der Waals surface area contributed by atoms with E-state index in [2.05, 4.69) is 29.6 Å². The Morgan fingerprint density at radius 3 is 2.52 bits per heavy atom. The minimum atomic E-state index is -0.154. The molecule has 0 atom stereocenters. The third-order valence-corrected chi connectivity index (χ3v) is 5.46. The largest absolute Gasteiger partial charge is 0.371 e. The number of hydrogen-bond donors (Lipinski definition) is 1. The molecule has 1 aromatic heterocycles. The lowest BCUT2D eigenvalue weighted by molar-refractivity contribution is -0.0445. The predicted octanol–water partition coefficient (Wildman–Crippen LogP) is 4.07. The molecule has 0 radical (unpaired) electrons. The Hall–Kier alpha value is -1.23. The zero-order valence-corrected chi connectivity index (χ0v) is 13.3. The highest BCUT2D eigenvalue weighted by molar-refractivity contribution is 7.10. The highest BCUT2D eigenvalue weighted by atomic mass is 32.1. The van der Waals surface area contributed by atoms with Crippen LogP contribution in [-0.2, 0) is 16.9 Å². The van der Waals surface area contributed by atoms with Gasteiger partial charge < -0.3 is 10.5 Å². The lowest BCUT2D eigenvalue weighted by Crippen LogP contribution is -2.30. The number of nitrogens with zero attached hydrogens (tertiary/aromatic N) is 1. The fraction of sp³-hybridized carbons (Fsp3) is 0.471. The maximum absolute atomic E-state index is 5.88. The summed E-state index contributed by atoms with van der Waals surface area (Å²) < 4.78 is 5.88. The van der Waals surface area contributed by atoms with E-state index in [1.54, 1.807) is 11.3 Å². The van der Waals surface area contributed by atoms with Crippen LogP contribution in [-0.4, -0.2) is 12.1 Å². The van der Waals surface area contributed by atoms with Crippen LogP contribution >= 0.6 is 11.3 Å². The first-order chi connectivity index (χ1) is 10.3. The average Bonchev–Trinajstić information content (AvgIpc) is 3.06. The fourth-order valence-corrected chi connectivity index (χ4v) is 4.12. The van der Waals surface area contributed by atoms with Crippen LogP contribution in [0.15, 0.2) is 29.6 Å². The van der Waals surface area contributed by atoms with E-state index in [0.29, 0.717) is 6.54 Å². The van der Waals surface area contributed by atoms with E-state index in [4.69, 9.17) is 15.5 Å². The maximum Gasteiger partial charge on any atom is 0.125 e. The van der Waals surface area contributed by atoms with Crippen molar-refractivity contribution in [1.82, 2.24) is 4.98 Å². The molecule has 2 aromatic rings. The number of thiazole rings is 1. The highest BCUT2D eigenvalue weighted by Crippen LogP contribution is 2.42. The van der Waals surface area contributed by atoms with Crippen LogP contribution in [0.2, 0.25) is 0 Å². The van der Waals surface area contributed by atoms with Crippen molar-refractivity contribution in [3.05, 3.63) is 40.2 Å². The molecule has 1 saturated carbocycles. The molecule has 1 aliphatic carbocycles. The summed E-state index contributed by atoms with van der Waals surface area (Å²) in [6, 6.07) is 8.34. The van der Waals surface area contributed by atoms with Crippen molar-refractivity contribution in [2.24, 2.45) is 5.73 Å². The second kappa shape index (κ2) is 6.26. The van der Waals surface area contributed by atoms with Crippen LogP contribution < -0.4 is 5.73 Å². The fourth-order valence-electron chi connectivity index (χ4n) is 3.06. The summed E-state index contributed by atoms with van der Waals surface area (Å²) in [6.45, 7) is 0.579. The quantitative estimate of drug-likeness (QED) is 0.926. The SMILES string of the molecule is COC1(c2nc(-c3ccc(CN)cc3)cs2)CCCCC1. The normalized spacial score (nSPS) is 17.8. The van der Waals surface area contributed by atoms with Gasteiger partial charge in [0.15, 0.2) is 0 Å². The predicted molar refractivity (Wildman–Crippen MR) is 87.2 cm³/mol. The Morgan fingerprint density at radius 2 is 1.90 bits per heavy atom. The minimum absolute atomic E-state index is 0.154. The van der Waals surface area contributed by atoms with Crippen molar-refractivity contribution in [3.63, 3.8) is 0 Å². The number of hydrogen-bond acceptors (Lipinski definition) is 4. The third kappa shape index (κ3) is 2.89. The number of nitrogens with two attached hydrogens (primary N) is 1. The van der Waals surface area contributed by atoms with Crippen molar-refractivity contribution in [3.8, 4) is 11.3 Å². The Labute approximate surface area is 130 Å². The lowest BCUT2D eigenvalue weighted by atomic mass is 9.85. The van der Waals surface area contributed by atoms with Gasteiger partial charge in [0.1, 0.15) is 10.6 Å². The van der Waals surface area contributed by atoms with Crippen molar-refractivity contribution < 1.29 is 4.74 Å². The Balaban J connectivity index is 1.87. The molecule has 3 rings (SSSR count). The molecule has 1 fully saturated rings. The van der Waals surface area contributed by atoms with Gasteiger partial charge in [-0.15, -0.1) is 11.3 Å². The zero-order valence-electron chi connectivity index (χ0n) is 12.5. The number of ether oxygens (including phenoxy) is 1. The number of benzene rings is 1. The molecule has 1 aliphatic rings. The van der Waals surface area contributed by atoms with Crippen molar-refractivity contribution in [2.45, 2.75) is 44.2 Å². The van der Waals surface area contributed by atoms with E-state index in [0.717, 1.165) is 34.7 Å². The maximum atomic E-state index is 5.88. The van der Waals surface area contributed by atoms with Crippen molar-refractivity contribution in [2.75, 3.05) is 7.11 Å². The molecule has 4 heteroatoms. The Morgan fingerprint density at radius 1 is 1.19 bits per heavy atom.